The number of nitrogens with zero attached hydrogens (tertiary/aromatic N) is 3. The van der Waals surface area contributed by atoms with E-state index >= 15 is 0 Å². The molecular formula is C77H97Br2Cl2IN8O8S2. The predicted octanol–water partition coefficient (Wildman–Crippen LogP) is 20.8. The number of anilines is 4. The molecule has 1 aliphatic heterocycles. The molecule has 100 heavy (non-hydrogen) atoms. The molecule has 12 rings (SSSR count). The van der Waals surface area contributed by atoms with Gasteiger partial charge in [-0.1, -0.05) is 184 Å². The Balaban J connectivity index is 0.000000193. The Bertz CT molecular complexity index is 4200. The molecule has 16 nitrogen and oxygen atoms in total. The fraction of sp³-hybridized carbons (Fsp3) is 0.429. The number of carbonyl (C=O) groups is 3. The molecule has 2 bridgehead atoms. The number of rotatable bonds is 8. The van der Waals surface area contributed by atoms with Crippen LogP contribution in [0, 0.1) is 5.92 Å². The molecule has 0 spiro atoms. The van der Waals surface area contributed by atoms with Gasteiger partial charge in [-0.2, -0.15) is 0 Å². The molecule has 1 saturated heterocycles. The summed E-state index contributed by atoms with van der Waals surface area (Å²) in [7, 11) is 4.14. The highest BCUT2D eigenvalue weighted by molar-refractivity contribution is 14.0. The molecule has 0 unspecified atom stereocenters. The van der Waals surface area contributed by atoms with Gasteiger partial charge in [0.15, 0.2) is 9.05 Å². The Labute approximate surface area is 641 Å². The smallest absolute Gasteiger partial charge is 0.337 e. The second-order valence-electron chi connectivity index (χ2n) is 30.0. The number of nitrogens with one attached hydrogen (secondary N) is 1. The maximum atomic E-state index is 11.7. The van der Waals surface area contributed by atoms with Crippen LogP contribution in [0.1, 0.15) is 206 Å². The minimum absolute atomic E-state index is 0. The Morgan fingerprint density at radius 1 is 0.570 bits per heavy atom. The van der Waals surface area contributed by atoms with E-state index in [4.69, 9.17) is 64.9 Å². The molecular weight excluding hydrogens is 1590 g/mol. The van der Waals surface area contributed by atoms with Crippen LogP contribution in [0.5, 0.6) is 0 Å². The van der Waals surface area contributed by atoms with Crippen molar-refractivity contribution < 1.29 is 37.9 Å². The van der Waals surface area contributed by atoms with Crippen molar-refractivity contribution in [3.63, 3.8) is 0 Å². The summed E-state index contributed by atoms with van der Waals surface area (Å²) >= 11 is 22.5. The number of halogens is 5. The largest absolute Gasteiger partial charge is 0.465 e. The predicted molar refractivity (Wildman–Crippen MR) is 432 cm³/mol. The van der Waals surface area contributed by atoms with Gasteiger partial charge in [0, 0.05) is 51.2 Å². The van der Waals surface area contributed by atoms with Crippen molar-refractivity contribution in [2.24, 2.45) is 5.92 Å². The average molecular weight is 1680 g/mol. The third kappa shape index (κ3) is 21.8. The Morgan fingerprint density at radius 2 is 1.04 bits per heavy atom. The summed E-state index contributed by atoms with van der Waals surface area (Å²) in [6.45, 7) is 33.3. The Hall–Kier alpha value is -5.89. The van der Waals surface area contributed by atoms with E-state index in [0.29, 0.717) is 68.1 Å². The average Bonchev–Trinajstić information content (AvgIpc) is 1.61. The van der Waals surface area contributed by atoms with Gasteiger partial charge in [-0.15, -0.1) is 35.3 Å². The first-order valence-electron chi connectivity index (χ1n) is 32.8. The van der Waals surface area contributed by atoms with Gasteiger partial charge < -0.3 is 51.7 Å². The second kappa shape index (κ2) is 34.6. The van der Waals surface area contributed by atoms with Crippen LogP contribution in [-0.4, -0.2) is 73.1 Å². The fourth-order valence-electron chi connectivity index (χ4n) is 11.7. The summed E-state index contributed by atoms with van der Waals surface area (Å²) in [5, 5.41) is 9.55. The highest BCUT2D eigenvalue weighted by atomic mass is 127. The van der Waals surface area contributed by atoms with Gasteiger partial charge in [-0.25, -0.2) is 24.4 Å². The van der Waals surface area contributed by atoms with Crippen LogP contribution >= 0.6 is 102 Å². The number of piperidine rings is 1. The zero-order chi connectivity index (χ0) is 73.4. The van der Waals surface area contributed by atoms with Crippen molar-refractivity contribution in [2.75, 3.05) is 50.8 Å². The number of nitrogens with two attached hydrogens (primary N) is 4. The van der Waals surface area contributed by atoms with Crippen LogP contribution in [0.4, 0.5) is 22.2 Å². The second-order valence-corrected chi connectivity index (χ2v) is 35.1. The summed E-state index contributed by atoms with van der Waals surface area (Å²) in [6.07, 6.45) is 4.94. The van der Waals surface area contributed by atoms with E-state index in [1.165, 1.54) is 61.6 Å². The number of esters is 3. The van der Waals surface area contributed by atoms with Gasteiger partial charge in [-0.3, -0.25) is 0 Å². The standard InChI is InChI=1S/C19H20Cl2N2O2.C13H14BrNO2S.C13H16N2O2S.C12H17NO2.C10H14BrN.C10H15N.HI/c20-14-2-1-3-15(21)17(14)18-13(19(25-23-18)10-4-5-10)9-24-16-7-12-6-11(16)8-22-12;2*1-13(2,3)8-5-7(11(16)17-4)6-9-10(8)15-12(14)18-9;1-12(2,3)9-7-8(11(14)15-4)5-6-10(9)13;1-10(2,3)8-6-7(11)4-5-9(8)12;1-10(2,3)8-6-4-5-7-9(8)11;/h1-3,10-12,16,22H,4-9H2;5-6H,1-4H3;5-6H,1-4H3,(H2,14,15);5-7H,13H2,1-4H3;4-6H,12H2,1-3H3;4-7H,11H2,1-3H3;1H/t11-,12-,16+;;;;;;/m0....../s1. The first kappa shape index (κ1) is 83.1. The number of para-hydroxylation sites is 1. The van der Waals surface area contributed by atoms with Gasteiger partial charge in [0.1, 0.15) is 11.5 Å². The van der Waals surface area contributed by atoms with Gasteiger partial charge in [0.25, 0.3) is 0 Å². The van der Waals surface area contributed by atoms with Crippen LogP contribution in [0.2, 0.25) is 10.0 Å². The Morgan fingerprint density at radius 3 is 1.50 bits per heavy atom. The maximum absolute atomic E-state index is 11.7. The van der Waals surface area contributed by atoms with Crippen LogP contribution in [0.25, 0.3) is 31.7 Å². The van der Waals surface area contributed by atoms with Gasteiger partial charge in [0.2, 0.25) is 0 Å². The fourth-order valence-corrected chi connectivity index (χ4v) is 14.9. The van der Waals surface area contributed by atoms with Gasteiger partial charge >= 0.3 is 17.9 Å². The third-order valence-corrected chi connectivity index (χ3v) is 20.4. The molecule has 2 saturated carbocycles. The van der Waals surface area contributed by atoms with E-state index < -0.39 is 0 Å². The molecule has 9 aromatic rings. The summed E-state index contributed by atoms with van der Waals surface area (Å²) in [4.78, 5) is 43.5. The topological polar surface area (TPSA) is 256 Å². The molecule has 3 aliphatic rings. The summed E-state index contributed by atoms with van der Waals surface area (Å²) in [5.74, 6) is 1.05. The van der Waals surface area contributed by atoms with Crippen LogP contribution in [-0.2, 0) is 52.6 Å². The van der Waals surface area contributed by atoms with Crippen molar-refractivity contribution in [2.45, 2.75) is 181 Å². The molecule has 0 amide bonds. The molecule has 0 radical (unpaired) electrons. The van der Waals surface area contributed by atoms with E-state index in [1.54, 1.807) is 24.3 Å². The number of hydrogen-bond acceptors (Lipinski definition) is 18. The highest BCUT2D eigenvalue weighted by Gasteiger charge is 2.41. The van der Waals surface area contributed by atoms with Gasteiger partial charge in [0.05, 0.1) is 81.2 Å². The monoisotopic (exact) mass is 1680 g/mol. The molecule has 4 heterocycles. The SMILES string of the molecule is CC(C)(C)c1cc(Br)ccc1N.CC(C)(C)c1ccccc1N.COC(=O)c1cc(C(C)(C)C)c2nc(Br)sc2c1.COC(=O)c1cc(C(C)(C)C)c2nc(N)sc2c1.COC(=O)c1ccc(N)c(C(C)(C)C)c1.Clc1cccc(Cl)c1-c1noc(C2CC2)c1CO[C@@H]1C[C@@H]2C[C@H]1CN2.I. The third-order valence-electron chi connectivity index (χ3n) is 17.0. The lowest BCUT2D eigenvalue weighted by Gasteiger charge is -2.23. The number of fused-ring (bicyclic) bond motifs is 4. The highest BCUT2D eigenvalue weighted by Crippen LogP contribution is 2.47. The quantitative estimate of drug-likeness (QED) is 0.0410. The molecule has 6 aromatic carbocycles. The summed E-state index contributed by atoms with van der Waals surface area (Å²) < 4.78 is 30.1. The lowest BCUT2D eigenvalue weighted by Crippen LogP contribution is -2.34. The normalized spacial score (nSPS) is 15.6. The number of benzene rings is 6. The van der Waals surface area contributed by atoms with E-state index in [2.05, 4.69) is 173 Å². The van der Waals surface area contributed by atoms with E-state index in [-0.39, 0.29) is 69.0 Å². The number of nitrogen functional groups attached to an aromatic ring is 4. The molecule has 3 fully saturated rings. The number of thiazole rings is 2. The molecule has 23 heteroatoms. The molecule has 540 valence electrons. The minimum atomic E-state index is -0.339. The molecule has 3 atom stereocenters. The number of carbonyl (C=O) groups excluding carboxylic acids is 3. The molecule has 2 aliphatic carbocycles. The number of ether oxygens (including phenoxy) is 4. The minimum Gasteiger partial charge on any atom is -0.465 e. The molecule has 9 N–H and O–H groups in total. The van der Waals surface area contributed by atoms with E-state index in [0.717, 1.165) is 105 Å². The molecule has 3 aromatic heterocycles. The van der Waals surface area contributed by atoms with E-state index in [1.807, 2.05) is 66.7 Å². The van der Waals surface area contributed by atoms with Crippen LogP contribution < -0.4 is 28.3 Å². The maximum Gasteiger partial charge on any atom is 0.337 e. The number of methoxy groups -OCH3 is 3. The zero-order valence-corrected chi connectivity index (χ0v) is 69.2. The van der Waals surface area contributed by atoms with Gasteiger partial charge in [-0.05, 0) is 181 Å². The summed E-state index contributed by atoms with van der Waals surface area (Å²) in [6, 6.07) is 32.7. The van der Waals surface area contributed by atoms with Crippen molar-refractivity contribution in [1.29, 1.82) is 0 Å². The number of hydrogen-bond donors (Lipinski definition) is 5. The van der Waals surface area contributed by atoms with Crippen molar-refractivity contribution in [3.05, 3.63) is 177 Å². The summed E-state index contributed by atoms with van der Waals surface area (Å²) in [5.41, 5.74) is 37.2. The van der Waals surface area contributed by atoms with Crippen molar-refractivity contribution >= 4 is 162 Å². The zero-order valence-electron chi connectivity index (χ0n) is 60.5. The lowest BCUT2D eigenvalue weighted by atomic mass is 9.85. The first-order valence-corrected chi connectivity index (χ1v) is 36.8. The Kier molecular flexibility index (Phi) is 28.7. The van der Waals surface area contributed by atoms with Crippen LogP contribution in [0.15, 0.2) is 116 Å². The number of aromatic nitrogens is 3. The van der Waals surface area contributed by atoms with Crippen molar-refractivity contribution in [1.82, 2.24) is 20.4 Å². The van der Waals surface area contributed by atoms with E-state index in [9.17, 15) is 14.4 Å². The first-order chi connectivity index (χ1) is 46.1. The van der Waals surface area contributed by atoms with Crippen molar-refractivity contribution in [3.8, 4) is 11.3 Å². The lowest BCUT2D eigenvalue weighted by molar-refractivity contribution is 0.00913. The van der Waals surface area contributed by atoms with Crippen LogP contribution in [0.3, 0.4) is 0 Å².